The van der Waals surface area contributed by atoms with Crippen molar-refractivity contribution < 1.29 is 4.74 Å². The second-order valence-electron chi connectivity index (χ2n) is 1.95. The van der Waals surface area contributed by atoms with E-state index in [-0.39, 0.29) is 5.72 Å². The maximum atomic E-state index is 5.12. The van der Waals surface area contributed by atoms with Crippen LogP contribution in [-0.4, -0.2) is 18.9 Å². The van der Waals surface area contributed by atoms with Crippen molar-refractivity contribution in [3.05, 3.63) is 0 Å². The first-order valence-electron chi connectivity index (χ1n) is 2.30. The smallest absolute Gasteiger partial charge is 0.134 e. The molecule has 1 unspecified atom stereocenters. The van der Waals surface area contributed by atoms with E-state index in [1.165, 1.54) is 6.42 Å². The number of ether oxygens (including phenoxy) is 1. The zero-order valence-corrected chi connectivity index (χ0v) is 3.53. The second-order valence-corrected chi connectivity index (χ2v) is 1.95. The Bertz CT molecular complexity index is 71.6. The van der Waals surface area contributed by atoms with Crippen LogP contribution < -0.4 is 5.32 Å². The van der Waals surface area contributed by atoms with Gasteiger partial charge in [0.2, 0.25) is 0 Å². The fourth-order valence-corrected chi connectivity index (χ4v) is 0.726. The molecule has 2 heterocycles. The van der Waals surface area contributed by atoms with E-state index < -0.39 is 0 Å². The van der Waals surface area contributed by atoms with Gasteiger partial charge in [-0.1, -0.05) is 0 Å². The molecule has 1 atom stereocenters. The lowest BCUT2D eigenvalue weighted by Gasteiger charge is -2.23. The Hall–Kier alpha value is -0.0800. The predicted octanol–water partition coefficient (Wildman–Crippen LogP) is -0.294. The van der Waals surface area contributed by atoms with Crippen molar-refractivity contribution in [3.63, 3.8) is 0 Å². The van der Waals surface area contributed by atoms with Crippen LogP contribution in [0.2, 0.25) is 0 Å². The molecule has 1 N–H and O–H groups in total. The zero-order valence-electron chi connectivity index (χ0n) is 3.53. The highest BCUT2D eigenvalue weighted by molar-refractivity contribution is 4.99. The van der Waals surface area contributed by atoms with Crippen LogP contribution in [0, 0.1) is 0 Å². The van der Waals surface area contributed by atoms with E-state index in [1.54, 1.807) is 0 Å². The van der Waals surface area contributed by atoms with Crippen LogP contribution in [0.4, 0.5) is 0 Å². The third kappa shape index (κ3) is 0.200. The van der Waals surface area contributed by atoms with E-state index in [1.807, 2.05) is 0 Å². The third-order valence-corrected chi connectivity index (χ3v) is 1.46. The van der Waals surface area contributed by atoms with E-state index in [4.69, 9.17) is 4.74 Å². The fraction of sp³-hybridized carbons (Fsp3) is 1.00. The molecule has 0 aromatic heterocycles. The molecule has 0 aromatic carbocycles. The second kappa shape index (κ2) is 0.634. The summed E-state index contributed by atoms with van der Waals surface area (Å²) in [5.74, 6) is 0. The molecule has 0 amide bonds. The van der Waals surface area contributed by atoms with Crippen LogP contribution in [0.1, 0.15) is 6.42 Å². The third-order valence-electron chi connectivity index (χ3n) is 1.46. The zero-order chi connectivity index (χ0) is 4.04. The standard InChI is InChI=1S/C4H7NO/c1-2-6-4(1)3-5-4/h5H,1-3H2. The van der Waals surface area contributed by atoms with Gasteiger partial charge >= 0.3 is 0 Å². The molecule has 1 spiro atoms. The molecular weight excluding hydrogens is 78.0 g/mol. The average molecular weight is 85.1 g/mol. The topological polar surface area (TPSA) is 31.2 Å². The van der Waals surface area contributed by atoms with Gasteiger partial charge in [0, 0.05) is 13.0 Å². The number of hydrogen-bond donors (Lipinski definition) is 1. The highest BCUT2D eigenvalue weighted by atomic mass is 16.6. The fourth-order valence-electron chi connectivity index (χ4n) is 0.726. The van der Waals surface area contributed by atoms with Crippen molar-refractivity contribution in [3.8, 4) is 0 Å². The summed E-state index contributed by atoms with van der Waals surface area (Å²) < 4.78 is 5.12. The van der Waals surface area contributed by atoms with E-state index in [2.05, 4.69) is 5.32 Å². The Labute approximate surface area is 36.5 Å². The van der Waals surface area contributed by atoms with E-state index in [0.29, 0.717) is 0 Å². The van der Waals surface area contributed by atoms with Gasteiger partial charge < -0.3 is 4.74 Å². The molecule has 0 aliphatic carbocycles. The molecule has 2 aliphatic heterocycles. The average Bonchev–Trinajstić information content (AvgIpc) is 2.02. The highest BCUT2D eigenvalue weighted by Gasteiger charge is 2.49. The van der Waals surface area contributed by atoms with Gasteiger partial charge in [0.1, 0.15) is 5.72 Å². The molecule has 34 valence electrons. The van der Waals surface area contributed by atoms with Crippen molar-refractivity contribution in [2.75, 3.05) is 13.2 Å². The largest absolute Gasteiger partial charge is 0.359 e. The van der Waals surface area contributed by atoms with Gasteiger partial charge in [-0.2, -0.15) is 0 Å². The maximum absolute atomic E-state index is 5.12. The highest BCUT2D eigenvalue weighted by Crippen LogP contribution is 2.31. The van der Waals surface area contributed by atoms with Crippen molar-refractivity contribution in [1.29, 1.82) is 0 Å². The minimum atomic E-state index is 0.222. The first kappa shape index (κ1) is 2.99. The van der Waals surface area contributed by atoms with E-state index in [9.17, 15) is 0 Å². The molecule has 2 heteroatoms. The van der Waals surface area contributed by atoms with Crippen molar-refractivity contribution in [2.45, 2.75) is 12.1 Å². The lowest BCUT2D eigenvalue weighted by atomic mass is 10.2. The first-order valence-corrected chi connectivity index (χ1v) is 2.30. The molecular formula is C4H7NO. The summed E-state index contributed by atoms with van der Waals surface area (Å²) in [5, 5.41) is 3.12. The Balaban J connectivity index is 2.09. The normalized spacial score (nSPS) is 52.0. The van der Waals surface area contributed by atoms with Crippen molar-refractivity contribution in [2.24, 2.45) is 0 Å². The number of nitrogens with one attached hydrogen (secondary N) is 1. The van der Waals surface area contributed by atoms with Gasteiger partial charge in [0.05, 0.1) is 6.61 Å². The Morgan fingerprint density at radius 1 is 1.67 bits per heavy atom. The van der Waals surface area contributed by atoms with E-state index in [0.717, 1.165) is 13.2 Å². The van der Waals surface area contributed by atoms with Crippen molar-refractivity contribution >= 4 is 0 Å². The van der Waals surface area contributed by atoms with Crippen LogP contribution in [0.15, 0.2) is 0 Å². The minimum Gasteiger partial charge on any atom is -0.359 e. The van der Waals surface area contributed by atoms with Crippen LogP contribution >= 0.6 is 0 Å². The molecule has 6 heavy (non-hydrogen) atoms. The number of hydrogen-bond acceptors (Lipinski definition) is 2. The SMILES string of the molecule is C1CC2(CN2)O1. The van der Waals surface area contributed by atoms with Gasteiger partial charge in [0.15, 0.2) is 0 Å². The number of rotatable bonds is 0. The Morgan fingerprint density at radius 3 is 2.33 bits per heavy atom. The summed E-state index contributed by atoms with van der Waals surface area (Å²) in [5.41, 5.74) is 0.222. The van der Waals surface area contributed by atoms with Crippen molar-refractivity contribution in [1.82, 2.24) is 5.32 Å². The summed E-state index contributed by atoms with van der Waals surface area (Å²) in [6, 6.07) is 0. The monoisotopic (exact) mass is 85.1 g/mol. The summed E-state index contributed by atoms with van der Waals surface area (Å²) in [6.07, 6.45) is 1.23. The lowest BCUT2D eigenvalue weighted by molar-refractivity contribution is -0.0756. The van der Waals surface area contributed by atoms with E-state index >= 15 is 0 Å². The Morgan fingerprint density at radius 2 is 2.33 bits per heavy atom. The van der Waals surface area contributed by atoms with Gasteiger partial charge in [-0.15, -0.1) is 0 Å². The van der Waals surface area contributed by atoms with Gasteiger partial charge in [-0.3, -0.25) is 5.32 Å². The summed E-state index contributed by atoms with van der Waals surface area (Å²) in [7, 11) is 0. The Kier molecular flexibility index (Phi) is 0.316. The molecule has 0 aromatic rings. The molecule has 0 bridgehead atoms. The molecule has 0 saturated carbocycles. The summed E-state index contributed by atoms with van der Waals surface area (Å²) in [6.45, 7) is 2.06. The molecule has 2 saturated heterocycles. The maximum Gasteiger partial charge on any atom is 0.134 e. The van der Waals surface area contributed by atoms with Crippen LogP contribution in [0.25, 0.3) is 0 Å². The molecule has 2 fully saturated rings. The van der Waals surface area contributed by atoms with Crippen LogP contribution in [0.3, 0.4) is 0 Å². The van der Waals surface area contributed by atoms with Crippen LogP contribution in [-0.2, 0) is 4.74 Å². The van der Waals surface area contributed by atoms with Gasteiger partial charge in [0.25, 0.3) is 0 Å². The summed E-state index contributed by atoms with van der Waals surface area (Å²) in [4.78, 5) is 0. The lowest BCUT2D eigenvalue weighted by Crippen LogP contribution is -2.33. The quantitative estimate of drug-likeness (QED) is 0.410. The molecule has 0 radical (unpaired) electrons. The van der Waals surface area contributed by atoms with Gasteiger partial charge in [-0.25, -0.2) is 0 Å². The van der Waals surface area contributed by atoms with Crippen LogP contribution in [0.5, 0.6) is 0 Å². The first-order chi connectivity index (χ1) is 2.91. The van der Waals surface area contributed by atoms with Gasteiger partial charge in [-0.05, 0) is 0 Å². The molecule has 2 rings (SSSR count). The molecule has 2 aliphatic rings. The molecule has 2 nitrogen and oxygen atoms in total. The summed E-state index contributed by atoms with van der Waals surface area (Å²) >= 11 is 0. The predicted molar refractivity (Wildman–Crippen MR) is 21.3 cm³/mol. The minimum absolute atomic E-state index is 0.222.